The van der Waals surface area contributed by atoms with Gasteiger partial charge in [0.2, 0.25) is 11.2 Å². The Morgan fingerprint density at radius 2 is 1.29 bits per heavy atom. The first kappa shape index (κ1) is 40.8. The van der Waals surface area contributed by atoms with Gasteiger partial charge >= 0.3 is 7.82 Å². The van der Waals surface area contributed by atoms with Gasteiger partial charge in [-0.3, -0.25) is 9.42 Å². The number of nitrogen functional groups attached to an aromatic ring is 2. The molecule has 9 rings (SSSR count). The highest BCUT2D eigenvalue weighted by Gasteiger charge is 2.66. The molecular formula is C36H38ClN10O11P. The Balaban J connectivity index is 0.000000176. The van der Waals surface area contributed by atoms with Crippen LogP contribution in [0.15, 0.2) is 61.2 Å². The van der Waals surface area contributed by atoms with Crippen LogP contribution in [0.5, 0.6) is 5.75 Å². The number of anilines is 2. The number of halogens is 1. The lowest BCUT2D eigenvalue weighted by Crippen LogP contribution is -2.40. The molecule has 4 fully saturated rings. The minimum absolute atomic E-state index is 0.0184. The molecule has 5 aromatic rings. The second-order valence-corrected chi connectivity index (χ2v) is 16.6. The van der Waals surface area contributed by atoms with Gasteiger partial charge in [0, 0.05) is 0 Å². The van der Waals surface area contributed by atoms with Gasteiger partial charge in [0.15, 0.2) is 23.2 Å². The number of ether oxygens (including phenoxy) is 6. The quantitative estimate of drug-likeness (QED) is 0.163. The summed E-state index contributed by atoms with van der Waals surface area (Å²) in [5.74, 6) is -1.44. The number of nitrogens with zero attached hydrogens (tertiary/aromatic N) is 8. The van der Waals surface area contributed by atoms with Crippen molar-refractivity contribution in [2.24, 2.45) is 0 Å². The molecule has 0 aliphatic carbocycles. The number of phosphoric acid groups is 1. The van der Waals surface area contributed by atoms with E-state index in [-0.39, 0.29) is 23.2 Å². The molecule has 0 spiro atoms. The van der Waals surface area contributed by atoms with Crippen LogP contribution in [0.1, 0.15) is 39.1 Å². The average molecular weight is 853 g/mol. The van der Waals surface area contributed by atoms with Crippen LogP contribution in [0, 0.1) is 22.7 Å². The number of fused-ring (bicyclic) bond motifs is 4. The number of phosphoric ester groups is 1. The van der Waals surface area contributed by atoms with Crippen LogP contribution in [0.2, 0.25) is 5.02 Å². The van der Waals surface area contributed by atoms with Crippen molar-refractivity contribution in [2.45, 2.75) is 87.1 Å². The van der Waals surface area contributed by atoms with E-state index >= 15 is 0 Å². The lowest BCUT2D eigenvalue weighted by Gasteiger charge is -2.29. The zero-order valence-electron chi connectivity index (χ0n) is 31.8. The number of hydrogen-bond donors (Lipinski definition) is 4. The van der Waals surface area contributed by atoms with Crippen LogP contribution in [0.25, 0.3) is 11.0 Å². The van der Waals surface area contributed by atoms with Crippen molar-refractivity contribution >= 4 is 42.1 Å². The smallest absolute Gasteiger partial charge is 0.403 e. The summed E-state index contributed by atoms with van der Waals surface area (Å²) in [6.07, 6.45) is -2.07. The number of hydrogen-bond acceptors (Lipinski definition) is 18. The number of aliphatic hydroxyl groups excluding tert-OH is 1. The zero-order valence-corrected chi connectivity index (χ0v) is 33.4. The molecule has 6 N–H and O–H groups in total. The molecule has 0 amide bonds. The summed E-state index contributed by atoms with van der Waals surface area (Å²) in [5.41, 5.74) is 10.5. The predicted molar refractivity (Wildman–Crippen MR) is 202 cm³/mol. The molecule has 8 heterocycles. The Labute approximate surface area is 340 Å². The number of aromatic nitrogens is 6. The SMILES string of the molecule is CC1(C)O[C@H]2[C@@H](O1)[C@](C#N)(c1ccc3c(N)ncnn13)O[C@@H]2CO.CC1(C)O[C@H]2[C@@H](O1)[C@](C#N)(c1ccc3c(N)ncnn13)O[C@@H]2COP(=O)(O)Oc1ccccc1Cl. The zero-order chi connectivity index (χ0) is 42.1. The predicted octanol–water partition coefficient (Wildman–Crippen LogP) is 2.74. The first-order valence-electron chi connectivity index (χ1n) is 18.1. The number of nitriles is 2. The Morgan fingerprint density at radius 3 is 1.78 bits per heavy atom. The standard InChI is InChI=1S/C21H21ClN5O7P.C15H17N5O4/c1-20(2)32-17-15(9-30-35(28,29)34-14-6-4-3-5-12(14)22)31-21(10-23,18(17)33-20)16-8-7-13-19(24)25-11-26-27(13)16;1-14(2)23-11-9(5-21)22-15(6-16,12(11)24-14)10-4-3-8-13(17)18-7-19-20(8)10/h3-8,11,15,17-18H,9H2,1-2H3,(H,28,29)(H2,24,25,26);3-4,7,9,11-12,21H,5H2,1-2H3,(H2,17,18,19)/t15-,17-,18-,21+;9-,11-,12-,15+/m11/s1. The van der Waals surface area contributed by atoms with Gasteiger partial charge in [0.05, 0.1) is 29.6 Å². The first-order valence-corrected chi connectivity index (χ1v) is 19.9. The van der Waals surface area contributed by atoms with Gasteiger partial charge < -0.3 is 49.5 Å². The van der Waals surface area contributed by atoms with Crippen LogP contribution in [0.3, 0.4) is 0 Å². The number of nitrogens with two attached hydrogens (primary N) is 2. The van der Waals surface area contributed by atoms with E-state index in [1.807, 2.05) is 0 Å². The summed E-state index contributed by atoms with van der Waals surface area (Å²) in [4.78, 5) is 18.2. The molecule has 4 saturated heterocycles. The van der Waals surface area contributed by atoms with Crippen LogP contribution < -0.4 is 16.0 Å². The van der Waals surface area contributed by atoms with Crippen molar-refractivity contribution in [3.05, 3.63) is 77.6 Å². The van der Waals surface area contributed by atoms with E-state index in [2.05, 4.69) is 32.3 Å². The summed E-state index contributed by atoms with van der Waals surface area (Å²) in [7, 11) is -4.60. The Kier molecular flexibility index (Phi) is 10.1. The van der Waals surface area contributed by atoms with Gasteiger partial charge in [-0.05, 0) is 64.1 Å². The molecule has 4 aliphatic rings. The molecule has 1 aromatic carbocycles. The maximum atomic E-state index is 12.6. The van der Waals surface area contributed by atoms with Crippen molar-refractivity contribution in [1.82, 2.24) is 29.2 Å². The number of rotatable bonds is 8. The molecule has 0 bridgehead atoms. The minimum atomic E-state index is -4.60. The third kappa shape index (κ3) is 6.93. The van der Waals surface area contributed by atoms with Gasteiger partial charge in [0.25, 0.3) is 0 Å². The van der Waals surface area contributed by atoms with Crippen LogP contribution in [0.4, 0.5) is 11.6 Å². The summed E-state index contributed by atoms with van der Waals surface area (Å²) in [6, 6.07) is 17.3. The highest BCUT2D eigenvalue weighted by Crippen LogP contribution is 2.52. The third-order valence-electron chi connectivity index (χ3n) is 10.2. The average Bonchev–Trinajstić information content (AvgIpc) is 4.03. The minimum Gasteiger partial charge on any atom is -0.403 e. The van der Waals surface area contributed by atoms with E-state index in [0.717, 1.165) is 0 Å². The fraction of sp³-hybridized carbons (Fsp3) is 0.444. The Morgan fingerprint density at radius 1 is 0.797 bits per heavy atom. The van der Waals surface area contributed by atoms with Crippen LogP contribution in [-0.4, -0.2) is 101 Å². The second-order valence-electron chi connectivity index (χ2n) is 14.8. The number of aliphatic hydroxyl groups is 1. The first-order chi connectivity index (χ1) is 28.0. The highest BCUT2D eigenvalue weighted by molar-refractivity contribution is 7.47. The molecule has 0 radical (unpaired) electrons. The maximum absolute atomic E-state index is 12.6. The van der Waals surface area contributed by atoms with E-state index < -0.39 is 73.8 Å². The topological polar surface area (TPSA) is 291 Å². The number of para-hydroxylation sites is 1. The normalized spacial score (nSPS) is 31.1. The lowest BCUT2D eigenvalue weighted by molar-refractivity contribution is -0.204. The third-order valence-corrected chi connectivity index (χ3v) is 11.4. The molecule has 59 heavy (non-hydrogen) atoms. The van der Waals surface area contributed by atoms with Gasteiger partial charge in [-0.15, -0.1) is 0 Å². The molecule has 0 saturated carbocycles. The van der Waals surface area contributed by atoms with Crippen molar-refractivity contribution in [3.63, 3.8) is 0 Å². The fourth-order valence-corrected chi connectivity index (χ4v) is 8.80. The van der Waals surface area contributed by atoms with Crippen molar-refractivity contribution in [2.75, 3.05) is 24.7 Å². The molecular weight excluding hydrogens is 815 g/mol. The van der Waals surface area contributed by atoms with Gasteiger partial charge in [-0.25, -0.2) is 23.6 Å². The largest absolute Gasteiger partial charge is 0.527 e. The van der Waals surface area contributed by atoms with Gasteiger partial charge in [-0.1, -0.05) is 23.7 Å². The molecule has 21 nitrogen and oxygen atoms in total. The van der Waals surface area contributed by atoms with Gasteiger partial charge in [-0.2, -0.15) is 20.7 Å². The Bertz CT molecular complexity index is 2560. The summed E-state index contributed by atoms with van der Waals surface area (Å²) < 4.78 is 61.8. The Hall–Kier alpha value is -5.00. The van der Waals surface area contributed by atoms with Crippen molar-refractivity contribution in [1.29, 1.82) is 10.5 Å². The van der Waals surface area contributed by atoms with E-state index in [9.17, 15) is 25.1 Å². The van der Waals surface area contributed by atoms with E-state index in [0.29, 0.717) is 28.2 Å². The van der Waals surface area contributed by atoms with E-state index in [1.54, 1.807) is 64.1 Å². The van der Waals surface area contributed by atoms with Crippen molar-refractivity contribution < 1.29 is 52.0 Å². The monoisotopic (exact) mass is 852 g/mol. The molecule has 4 aromatic heterocycles. The van der Waals surface area contributed by atoms with E-state index in [1.165, 1.54) is 33.8 Å². The second kappa shape index (κ2) is 14.6. The fourth-order valence-electron chi connectivity index (χ4n) is 7.78. The molecule has 9 atom stereocenters. The van der Waals surface area contributed by atoms with Gasteiger partial charge in [0.1, 0.15) is 78.2 Å². The maximum Gasteiger partial charge on any atom is 0.527 e. The lowest BCUT2D eigenvalue weighted by atomic mass is 9.92. The summed E-state index contributed by atoms with van der Waals surface area (Å²) in [6.45, 7) is 6.18. The van der Waals surface area contributed by atoms with Crippen molar-refractivity contribution in [3.8, 4) is 17.9 Å². The summed E-state index contributed by atoms with van der Waals surface area (Å²) >= 11 is 6.00. The number of benzene rings is 1. The van der Waals surface area contributed by atoms with Crippen LogP contribution in [-0.2, 0) is 48.7 Å². The molecule has 23 heteroatoms. The van der Waals surface area contributed by atoms with Crippen LogP contribution >= 0.6 is 19.4 Å². The molecule has 310 valence electrons. The van der Waals surface area contributed by atoms with E-state index in [4.69, 9.17) is 60.5 Å². The molecule has 1 unspecified atom stereocenters. The summed E-state index contributed by atoms with van der Waals surface area (Å²) in [5, 5.41) is 38.5. The highest BCUT2D eigenvalue weighted by atomic mass is 35.5. The molecule has 4 aliphatic heterocycles.